The number of aliphatic hydroxyl groups is 1. The summed E-state index contributed by atoms with van der Waals surface area (Å²) in [4.78, 5) is 9.77. The van der Waals surface area contributed by atoms with E-state index in [2.05, 4.69) is 0 Å². The van der Waals surface area contributed by atoms with E-state index in [1.165, 1.54) is 12.1 Å². The summed E-state index contributed by atoms with van der Waals surface area (Å²) in [6.07, 6.45) is 3.15. The van der Waals surface area contributed by atoms with Crippen LogP contribution in [0.2, 0.25) is 0 Å². The van der Waals surface area contributed by atoms with Crippen molar-refractivity contribution in [1.29, 1.82) is 0 Å². The standard InChI is InChI=1S/C12H14FNO4/c13-10-7-9(14(16)17)3-4-11(10)18-8-12(15)5-1-2-6-12/h3-4,7,15H,1-2,5-6,8H2. The largest absolute Gasteiger partial charge is 0.488 e. The van der Waals surface area contributed by atoms with Crippen molar-refractivity contribution in [3.8, 4) is 5.75 Å². The number of non-ortho nitro benzene ring substituents is 1. The van der Waals surface area contributed by atoms with Gasteiger partial charge in [-0.05, 0) is 18.9 Å². The number of ether oxygens (including phenoxy) is 1. The Balaban J connectivity index is 2.03. The van der Waals surface area contributed by atoms with E-state index in [9.17, 15) is 19.6 Å². The maximum Gasteiger partial charge on any atom is 0.272 e. The van der Waals surface area contributed by atoms with Gasteiger partial charge in [0.15, 0.2) is 11.6 Å². The van der Waals surface area contributed by atoms with Crippen LogP contribution < -0.4 is 4.74 Å². The fourth-order valence-electron chi connectivity index (χ4n) is 2.11. The van der Waals surface area contributed by atoms with Crippen LogP contribution in [0.3, 0.4) is 0 Å². The molecule has 0 heterocycles. The molecule has 5 nitrogen and oxygen atoms in total. The van der Waals surface area contributed by atoms with Crippen molar-refractivity contribution in [2.24, 2.45) is 0 Å². The monoisotopic (exact) mass is 255 g/mol. The van der Waals surface area contributed by atoms with Crippen molar-refractivity contribution >= 4 is 5.69 Å². The molecule has 1 aliphatic rings. The highest BCUT2D eigenvalue weighted by Gasteiger charge is 2.32. The maximum atomic E-state index is 13.5. The summed E-state index contributed by atoms with van der Waals surface area (Å²) in [5, 5.41) is 20.5. The van der Waals surface area contributed by atoms with Gasteiger partial charge in [0.1, 0.15) is 6.61 Å². The Morgan fingerprint density at radius 2 is 2.11 bits per heavy atom. The van der Waals surface area contributed by atoms with Gasteiger partial charge in [0, 0.05) is 6.07 Å². The fraction of sp³-hybridized carbons (Fsp3) is 0.500. The van der Waals surface area contributed by atoms with Gasteiger partial charge in [0.2, 0.25) is 0 Å². The molecular weight excluding hydrogens is 241 g/mol. The lowest BCUT2D eigenvalue weighted by molar-refractivity contribution is -0.385. The summed E-state index contributed by atoms with van der Waals surface area (Å²) in [5.41, 5.74) is -1.21. The molecule has 18 heavy (non-hydrogen) atoms. The molecule has 1 aliphatic carbocycles. The molecule has 0 saturated heterocycles. The number of halogens is 1. The first-order valence-corrected chi connectivity index (χ1v) is 5.79. The molecule has 1 N–H and O–H groups in total. The van der Waals surface area contributed by atoms with Crippen LogP contribution >= 0.6 is 0 Å². The number of hydrogen-bond acceptors (Lipinski definition) is 4. The van der Waals surface area contributed by atoms with Crippen molar-refractivity contribution in [3.63, 3.8) is 0 Å². The van der Waals surface area contributed by atoms with E-state index in [0.29, 0.717) is 12.8 Å². The molecule has 1 aromatic carbocycles. The van der Waals surface area contributed by atoms with Gasteiger partial charge < -0.3 is 9.84 Å². The fourth-order valence-corrected chi connectivity index (χ4v) is 2.11. The van der Waals surface area contributed by atoms with Crippen LogP contribution in [0.5, 0.6) is 5.75 Å². The van der Waals surface area contributed by atoms with E-state index in [0.717, 1.165) is 18.9 Å². The molecule has 98 valence electrons. The number of benzene rings is 1. The number of nitro benzene ring substituents is 1. The molecule has 1 fully saturated rings. The van der Waals surface area contributed by atoms with Gasteiger partial charge in [0.25, 0.3) is 5.69 Å². The Morgan fingerprint density at radius 1 is 1.44 bits per heavy atom. The zero-order valence-electron chi connectivity index (χ0n) is 9.76. The van der Waals surface area contributed by atoms with E-state index in [1.807, 2.05) is 0 Å². The number of nitro groups is 1. The molecule has 0 aromatic heterocycles. The highest BCUT2D eigenvalue weighted by Crippen LogP contribution is 2.31. The molecule has 2 rings (SSSR count). The van der Waals surface area contributed by atoms with Crippen LogP contribution in [0.15, 0.2) is 18.2 Å². The molecule has 6 heteroatoms. The Hall–Kier alpha value is -1.69. The zero-order valence-corrected chi connectivity index (χ0v) is 9.76. The van der Waals surface area contributed by atoms with Crippen molar-refractivity contribution in [2.75, 3.05) is 6.61 Å². The van der Waals surface area contributed by atoms with Gasteiger partial charge in [-0.15, -0.1) is 0 Å². The van der Waals surface area contributed by atoms with E-state index in [-0.39, 0.29) is 18.0 Å². The molecule has 1 aromatic rings. The lowest BCUT2D eigenvalue weighted by atomic mass is 10.0. The van der Waals surface area contributed by atoms with Crippen LogP contribution in [0, 0.1) is 15.9 Å². The first kappa shape index (κ1) is 12.8. The summed E-state index contributed by atoms with van der Waals surface area (Å²) >= 11 is 0. The first-order chi connectivity index (χ1) is 8.50. The van der Waals surface area contributed by atoms with Crippen LogP contribution in [0.1, 0.15) is 25.7 Å². The SMILES string of the molecule is O=[N+]([O-])c1ccc(OCC2(O)CCCC2)c(F)c1. The van der Waals surface area contributed by atoms with Gasteiger partial charge in [0.05, 0.1) is 16.6 Å². The number of nitrogens with zero attached hydrogens (tertiary/aromatic N) is 1. The van der Waals surface area contributed by atoms with E-state index in [4.69, 9.17) is 4.74 Å². The summed E-state index contributed by atoms with van der Waals surface area (Å²) in [6, 6.07) is 3.21. The molecule has 0 bridgehead atoms. The van der Waals surface area contributed by atoms with Crippen LogP contribution in [0.25, 0.3) is 0 Å². The van der Waals surface area contributed by atoms with Crippen molar-refractivity contribution in [1.82, 2.24) is 0 Å². The minimum absolute atomic E-state index is 0.0156. The highest BCUT2D eigenvalue weighted by atomic mass is 19.1. The number of rotatable bonds is 4. The molecule has 1 saturated carbocycles. The lowest BCUT2D eigenvalue weighted by Gasteiger charge is -2.22. The van der Waals surface area contributed by atoms with Gasteiger partial charge in [-0.1, -0.05) is 12.8 Å². The second kappa shape index (κ2) is 4.89. The first-order valence-electron chi connectivity index (χ1n) is 5.79. The Kier molecular flexibility index (Phi) is 3.47. The molecule has 0 aliphatic heterocycles. The molecule has 0 atom stereocenters. The summed E-state index contributed by atoms with van der Waals surface area (Å²) in [6.45, 7) is 0.0156. The van der Waals surface area contributed by atoms with Crippen molar-refractivity contribution in [2.45, 2.75) is 31.3 Å². The zero-order chi connectivity index (χ0) is 13.2. The minimum Gasteiger partial charge on any atom is -0.488 e. The summed E-state index contributed by atoms with van der Waals surface area (Å²) in [5.74, 6) is -0.855. The van der Waals surface area contributed by atoms with Gasteiger partial charge in [-0.3, -0.25) is 10.1 Å². The molecule has 0 spiro atoms. The van der Waals surface area contributed by atoms with Crippen LogP contribution in [-0.4, -0.2) is 22.2 Å². The van der Waals surface area contributed by atoms with Crippen molar-refractivity contribution in [3.05, 3.63) is 34.1 Å². The summed E-state index contributed by atoms with van der Waals surface area (Å²) in [7, 11) is 0. The van der Waals surface area contributed by atoms with E-state index in [1.54, 1.807) is 0 Å². The van der Waals surface area contributed by atoms with Gasteiger partial charge >= 0.3 is 0 Å². The Labute approximate surface area is 103 Å². The normalized spacial score (nSPS) is 17.7. The lowest BCUT2D eigenvalue weighted by Crippen LogP contribution is -2.32. The van der Waals surface area contributed by atoms with E-state index < -0.39 is 16.3 Å². The molecule has 0 radical (unpaired) electrons. The second-order valence-electron chi connectivity index (χ2n) is 4.59. The van der Waals surface area contributed by atoms with Crippen molar-refractivity contribution < 1.29 is 19.2 Å². The second-order valence-corrected chi connectivity index (χ2v) is 4.59. The average molecular weight is 255 g/mol. The topological polar surface area (TPSA) is 72.6 Å². The van der Waals surface area contributed by atoms with Crippen LogP contribution in [-0.2, 0) is 0 Å². The summed E-state index contributed by atoms with van der Waals surface area (Å²) < 4.78 is 18.7. The van der Waals surface area contributed by atoms with E-state index >= 15 is 0 Å². The van der Waals surface area contributed by atoms with Gasteiger partial charge in [-0.2, -0.15) is 0 Å². The third-order valence-corrected chi connectivity index (χ3v) is 3.16. The third kappa shape index (κ3) is 2.76. The third-order valence-electron chi connectivity index (χ3n) is 3.16. The predicted octanol–water partition coefficient (Wildman–Crippen LogP) is 2.42. The van der Waals surface area contributed by atoms with Crippen LogP contribution in [0.4, 0.5) is 10.1 Å². The highest BCUT2D eigenvalue weighted by molar-refractivity contribution is 5.37. The maximum absolute atomic E-state index is 13.5. The minimum atomic E-state index is -0.895. The average Bonchev–Trinajstić information content (AvgIpc) is 2.75. The smallest absolute Gasteiger partial charge is 0.272 e. The Morgan fingerprint density at radius 3 is 2.67 bits per heavy atom. The Bertz CT molecular complexity index is 457. The molecular formula is C12H14FNO4. The molecule has 0 amide bonds. The number of hydrogen-bond donors (Lipinski definition) is 1. The van der Waals surface area contributed by atoms with Gasteiger partial charge in [-0.25, -0.2) is 4.39 Å². The molecule has 0 unspecified atom stereocenters. The quantitative estimate of drug-likeness (QED) is 0.662. The predicted molar refractivity (Wildman–Crippen MR) is 62.0 cm³/mol.